The van der Waals surface area contributed by atoms with Crippen LogP contribution < -0.4 is 5.32 Å². The zero-order valence-electron chi connectivity index (χ0n) is 9.40. The number of hydrogen-bond acceptors (Lipinski definition) is 3. The maximum atomic E-state index is 11.1. The molecule has 86 valence electrons. The van der Waals surface area contributed by atoms with Crippen molar-refractivity contribution in [2.75, 3.05) is 24.6 Å². The second-order valence-electron chi connectivity index (χ2n) is 3.35. The van der Waals surface area contributed by atoms with Gasteiger partial charge >= 0.3 is 0 Å². The highest BCUT2D eigenvalue weighted by Gasteiger charge is 1.97. The number of imidazole rings is 1. The lowest BCUT2D eigenvalue weighted by Crippen LogP contribution is -2.25. The van der Waals surface area contributed by atoms with E-state index in [2.05, 4.69) is 14.9 Å². The highest BCUT2D eigenvalue weighted by Crippen LogP contribution is 1.93. The quantitative estimate of drug-likeness (QED) is 0.695. The average Bonchev–Trinajstić information content (AvgIpc) is 2.63. The third kappa shape index (κ3) is 4.57. The van der Waals surface area contributed by atoms with Crippen LogP contribution in [0.5, 0.6) is 0 Å². The molecule has 0 bridgehead atoms. The molecule has 0 spiro atoms. The Hall–Kier alpha value is -0.680. The molecule has 0 radical (unpaired) electrons. The molecule has 1 rings (SSSR count). The van der Waals surface area contributed by atoms with Crippen LogP contribution in [0.3, 0.4) is 0 Å². The van der Waals surface area contributed by atoms with Gasteiger partial charge in [-0.15, -0.1) is 0 Å². The summed E-state index contributed by atoms with van der Waals surface area (Å²) in [7, 11) is -0.653. The summed E-state index contributed by atoms with van der Waals surface area (Å²) in [5.74, 6) is 2.54. The molecule has 1 heterocycles. The predicted octanol–water partition coefficient (Wildman–Crippen LogP) is 0.550. The van der Waals surface area contributed by atoms with E-state index < -0.39 is 10.8 Å². The molecule has 4 nitrogen and oxygen atoms in total. The van der Waals surface area contributed by atoms with Gasteiger partial charge in [0.2, 0.25) is 0 Å². The van der Waals surface area contributed by atoms with Gasteiger partial charge in [0, 0.05) is 54.3 Å². The van der Waals surface area contributed by atoms with E-state index in [1.54, 1.807) is 0 Å². The number of aryl methyl sites for hydroxylation is 1. The van der Waals surface area contributed by atoms with Crippen LogP contribution in [0.4, 0.5) is 0 Å². The lowest BCUT2D eigenvalue weighted by molar-refractivity contribution is 0.601. The molecule has 0 aromatic carbocycles. The Labute approximate surface area is 93.5 Å². The Kier molecular flexibility index (Phi) is 5.57. The van der Waals surface area contributed by atoms with E-state index in [0.717, 1.165) is 37.0 Å². The third-order valence-electron chi connectivity index (χ3n) is 2.28. The van der Waals surface area contributed by atoms with Gasteiger partial charge in [-0.3, -0.25) is 4.21 Å². The normalized spacial score (nSPS) is 12.9. The highest BCUT2D eigenvalue weighted by atomic mass is 32.2. The van der Waals surface area contributed by atoms with Crippen LogP contribution in [0.15, 0.2) is 12.4 Å². The van der Waals surface area contributed by atoms with Crippen LogP contribution in [0.1, 0.15) is 12.7 Å². The second-order valence-corrected chi connectivity index (χ2v) is 5.22. The predicted molar refractivity (Wildman–Crippen MR) is 63.4 cm³/mol. The number of rotatable bonds is 7. The molecule has 5 heteroatoms. The molecule has 0 aliphatic carbocycles. The van der Waals surface area contributed by atoms with Gasteiger partial charge in [-0.25, -0.2) is 4.98 Å². The first kappa shape index (κ1) is 12.4. The average molecular weight is 229 g/mol. The summed E-state index contributed by atoms with van der Waals surface area (Å²) in [6.07, 6.45) is 3.78. The van der Waals surface area contributed by atoms with Crippen LogP contribution >= 0.6 is 0 Å². The fraction of sp³-hybridized carbons (Fsp3) is 0.700. The third-order valence-corrected chi connectivity index (χ3v) is 3.59. The Balaban J connectivity index is 2.07. The molecule has 0 fully saturated rings. The maximum Gasteiger partial charge on any atom is 0.105 e. The number of nitrogens with zero attached hydrogens (tertiary/aromatic N) is 2. The maximum absolute atomic E-state index is 11.1. The van der Waals surface area contributed by atoms with Crippen molar-refractivity contribution >= 4 is 10.8 Å². The van der Waals surface area contributed by atoms with Crippen LogP contribution in [-0.2, 0) is 17.3 Å². The van der Waals surface area contributed by atoms with E-state index in [1.165, 1.54) is 0 Å². The van der Waals surface area contributed by atoms with Crippen molar-refractivity contribution in [1.29, 1.82) is 0 Å². The molecular formula is C10H19N3OS. The Morgan fingerprint density at radius 3 is 2.93 bits per heavy atom. The molecule has 0 saturated heterocycles. The molecule has 0 amide bonds. The van der Waals surface area contributed by atoms with Gasteiger partial charge in [0.1, 0.15) is 5.82 Å². The van der Waals surface area contributed by atoms with Crippen LogP contribution in [-0.4, -0.2) is 38.4 Å². The number of nitrogens with one attached hydrogen (secondary N) is 1. The summed E-state index contributed by atoms with van der Waals surface area (Å²) in [4.78, 5) is 4.14. The summed E-state index contributed by atoms with van der Waals surface area (Å²) in [6, 6.07) is 0. The lowest BCUT2D eigenvalue weighted by atomic mass is 10.5. The number of hydrogen-bond donors (Lipinski definition) is 1. The van der Waals surface area contributed by atoms with Gasteiger partial charge < -0.3 is 9.88 Å². The van der Waals surface area contributed by atoms with Gasteiger partial charge in [0.25, 0.3) is 0 Å². The molecule has 0 saturated carbocycles. The summed E-state index contributed by atoms with van der Waals surface area (Å²) < 4.78 is 13.2. The fourth-order valence-electron chi connectivity index (χ4n) is 1.29. The zero-order valence-corrected chi connectivity index (χ0v) is 10.2. The molecule has 15 heavy (non-hydrogen) atoms. The molecule has 0 aliphatic heterocycles. The lowest BCUT2D eigenvalue weighted by Gasteiger charge is -2.06. The summed E-state index contributed by atoms with van der Waals surface area (Å²) >= 11 is 0. The van der Waals surface area contributed by atoms with E-state index in [1.807, 2.05) is 26.2 Å². The van der Waals surface area contributed by atoms with Crippen LogP contribution in [0, 0.1) is 6.92 Å². The van der Waals surface area contributed by atoms with Crippen LogP contribution in [0.2, 0.25) is 0 Å². The molecule has 1 unspecified atom stereocenters. The molecule has 1 N–H and O–H groups in total. The van der Waals surface area contributed by atoms with Crippen molar-refractivity contribution in [2.45, 2.75) is 20.4 Å². The first-order chi connectivity index (χ1) is 7.24. The van der Waals surface area contributed by atoms with Crippen molar-refractivity contribution in [1.82, 2.24) is 14.9 Å². The summed E-state index contributed by atoms with van der Waals surface area (Å²) in [6.45, 7) is 6.59. The van der Waals surface area contributed by atoms with E-state index in [4.69, 9.17) is 0 Å². The van der Waals surface area contributed by atoms with Gasteiger partial charge in [-0.1, -0.05) is 6.92 Å². The van der Waals surface area contributed by atoms with Gasteiger partial charge in [0.05, 0.1) is 0 Å². The Bertz CT molecular complexity index is 311. The summed E-state index contributed by atoms with van der Waals surface area (Å²) in [5, 5.41) is 3.27. The van der Waals surface area contributed by atoms with E-state index in [-0.39, 0.29) is 0 Å². The SMILES string of the molecule is CCS(=O)CCNCCn1ccnc1C. The molecular weight excluding hydrogens is 210 g/mol. The minimum Gasteiger partial charge on any atom is -0.334 e. The second kappa shape index (κ2) is 6.74. The van der Waals surface area contributed by atoms with Gasteiger partial charge in [-0.2, -0.15) is 0 Å². The zero-order chi connectivity index (χ0) is 11.1. The largest absolute Gasteiger partial charge is 0.334 e. The van der Waals surface area contributed by atoms with Gasteiger partial charge in [0.15, 0.2) is 0 Å². The molecule has 0 aliphatic rings. The number of aromatic nitrogens is 2. The Morgan fingerprint density at radius 2 is 2.33 bits per heavy atom. The first-order valence-corrected chi connectivity index (χ1v) is 6.76. The smallest absolute Gasteiger partial charge is 0.105 e. The minimum atomic E-state index is -0.653. The fourth-order valence-corrected chi connectivity index (χ4v) is 1.96. The molecule has 1 aromatic heterocycles. The van der Waals surface area contributed by atoms with Crippen molar-refractivity contribution in [2.24, 2.45) is 0 Å². The Morgan fingerprint density at radius 1 is 1.53 bits per heavy atom. The van der Waals surface area contributed by atoms with Gasteiger partial charge in [-0.05, 0) is 6.92 Å². The van der Waals surface area contributed by atoms with E-state index in [9.17, 15) is 4.21 Å². The van der Waals surface area contributed by atoms with E-state index >= 15 is 0 Å². The standard InChI is InChI=1S/C10H19N3OS/c1-3-15(14)9-6-11-4-7-13-8-5-12-10(13)2/h5,8,11H,3-4,6-7,9H2,1-2H3. The van der Waals surface area contributed by atoms with Crippen molar-refractivity contribution in [3.8, 4) is 0 Å². The van der Waals surface area contributed by atoms with Crippen molar-refractivity contribution in [3.05, 3.63) is 18.2 Å². The van der Waals surface area contributed by atoms with Crippen LogP contribution in [0.25, 0.3) is 0 Å². The molecule has 1 aromatic rings. The van der Waals surface area contributed by atoms with Crippen molar-refractivity contribution < 1.29 is 4.21 Å². The van der Waals surface area contributed by atoms with Crippen molar-refractivity contribution in [3.63, 3.8) is 0 Å². The molecule has 1 atom stereocenters. The first-order valence-electron chi connectivity index (χ1n) is 5.27. The topological polar surface area (TPSA) is 46.9 Å². The monoisotopic (exact) mass is 229 g/mol. The summed E-state index contributed by atoms with van der Waals surface area (Å²) in [5.41, 5.74) is 0. The minimum absolute atomic E-state index is 0.653. The highest BCUT2D eigenvalue weighted by molar-refractivity contribution is 7.84. The van der Waals surface area contributed by atoms with E-state index in [0.29, 0.717) is 0 Å².